The van der Waals surface area contributed by atoms with E-state index in [1.165, 1.54) is 0 Å². The van der Waals surface area contributed by atoms with Gasteiger partial charge >= 0.3 is 5.97 Å². The summed E-state index contributed by atoms with van der Waals surface area (Å²) >= 11 is 0. The third-order valence-electron chi connectivity index (χ3n) is 2.34. The van der Waals surface area contributed by atoms with E-state index < -0.39 is 47.5 Å². The van der Waals surface area contributed by atoms with Gasteiger partial charge in [0.25, 0.3) is 5.91 Å². The van der Waals surface area contributed by atoms with Gasteiger partial charge in [-0.25, -0.2) is 4.79 Å². The van der Waals surface area contributed by atoms with Crippen molar-refractivity contribution >= 4 is 17.8 Å². The molecule has 1 rings (SSSR count). The van der Waals surface area contributed by atoms with Crippen molar-refractivity contribution in [3.8, 4) is 17.2 Å². The molecule has 2 amide bonds. The first kappa shape index (κ1) is 15.1. The summed E-state index contributed by atoms with van der Waals surface area (Å²) in [4.78, 5) is 33.2. The Labute approximate surface area is 112 Å². The summed E-state index contributed by atoms with van der Waals surface area (Å²) in [5, 5.41) is 38.4. The molecular weight excluding hydrogens is 272 g/mol. The fourth-order valence-electron chi connectivity index (χ4n) is 1.38. The van der Waals surface area contributed by atoms with Crippen LogP contribution in [0.4, 0.5) is 0 Å². The molecule has 108 valence electrons. The fraction of sp³-hybridized carbons (Fsp3) is 0.182. The highest BCUT2D eigenvalue weighted by molar-refractivity contribution is 5.98. The fourth-order valence-corrected chi connectivity index (χ4v) is 1.38. The van der Waals surface area contributed by atoms with E-state index in [1.807, 2.05) is 5.32 Å². The lowest BCUT2D eigenvalue weighted by Gasteiger charge is -2.13. The topological polar surface area (TPSA) is 170 Å². The lowest BCUT2D eigenvalue weighted by Crippen LogP contribution is -2.43. The van der Waals surface area contributed by atoms with Crippen LogP contribution in [-0.4, -0.2) is 44.3 Å². The van der Waals surface area contributed by atoms with Gasteiger partial charge in [0, 0.05) is 5.56 Å². The van der Waals surface area contributed by atoms with Crippen molar-refractivity contribution in [1.82, 2.24) is 5.32 Å². The third kappa shape index (κ3) is 3.51. The first-order chi connectivity index (χ1) is 9.22. The number of aliphatic carboxylic acids is 1. The maximum absolute atomic E-state index is 11.7. The Morgan fingerprint density at radius 2 is 1.65 bits per heavy atom. The largest absolute Gasteiger partial charge is 0.504 e. The number of phenols is 3. The molecule has 1 atom stereocenters. The normalized spacial score (nSPS) is 11.6. The molecule has 0 saturated heterocycles. The predicted molar refractivity (Wildman–Crippen MR) is 64.1 cm³/mol. The molecule has 0 heterocycles. The number of rotatable bonds is 5. The van der Waals surface area contributed by atoms with E-state index >= 15 is 0 Å². The minimum absolute atomic E-state index is 0.298. The van der Waals surface area contributed by atoms with Gasteiger partial charge < -0.3 is 31.5 Å². The number of amides is 2. The van der Waals surface area contributed by atoms with Gasteiger partial charge in [-0.05, 0) is 12.1 Å². The number of phenolic OH excluding ortho intramolecular Hbond substituents is 3. The van der Waals surface area contributed by atoms with E-state index in [9.17, 15) is 24.6 Å². The second-order valence-electron chi connectivity index (χ2n) is 3.90. The van der Waals surface area contributed by atoms with E-state index in [1.54, 1.807) is 0 Å². The van der Waals surface area contributed by atoms with Gasteiger partial charge in [0.05, 0.1) is 6.42 Å². The van der Waals surface area contributed by atoms with Gasteiger partial charge in [0.2, 0.25) is 5.91 Å². The van der Waals surface area contributed by atoms with Crippen molar-refractivity contribution in [3.05, 3.63) is 17.7 Å². The van der Waals surface area contributed by atoms with Crippen molar-refractivity contribution < 1.29 is 34.8 Å². The number of benzene rings is 1. The van der Waals surface area contributed by atoms with Crippen LogP contribution in [0.5, 0.6) is 17.2 Å². The minimum atomic E-state index is -1.54. The lowest BCUT2D eigenvalue weighted by molar-refractivity contribution is -0.140. The average molecular weight is 284 g/mol. The SMILES string of the molecule is NC(=O)C[C@H](NC(=O)c1cc(O)c(O)c(O)c1)C(=O)O. The molecule has 0 aliphatic rings. The molecule has 0 unspecified atom stereocenters. The average Bonchev–Trinajstić information content (AvgIpc) is 2.33. The number of carboxylic acids is 1. The van der Waals surface area contributed by atoms with Crippen LogP contribution in [-0.2, 0) is 9.59 Å². The maximum Gasteiger partial charge on any atom is 0.326 e. The van der Waals surface area contributed by atoms with E-state index in [4.69, 9.17) is 15.9 Å². The van der Waals surface area contributed by atoms with Crippen molar-refractivity contribution in [3.63, 3.8) is 0 Å². The molecular formula is C11H12N2O7. The number of primary amides is 1. The van der Waals surface area contributed by atoms with Crippen LogP contribution in [0, 0.1) is 0 Å². The standard InChI is InChI=1S/C11H12N2O7/c12-8(16)3-5(11(19)20)13-10(18)4-1-6(14)9(17)7(15)2-4/h1-2,5,14-15,17H,3H2,(H2,12,16)(H,13,18)(H,19,20)/t5-/m0/s1. The van der Waals surface area contributed by atoms with Crippen LogP contribution in [0.1, 0.15) is 16.8 Å². The molecule has 0 aliphatic carbocycles. The zero-order chi connectivity index (χ0) is 15.4. The Morgan fingerprint density at radius 1 is 1.15 bits per heavy atom. The molecule has 0 bridgehead atoms. The summed E-state index contributed by atoms with van der Waals surface area (Å²) in [6, 6.07) is 0.110. The molecule has 0 saturated carbocycles. The molecule has 9 nitrogen and oxygen atoms in total. The molecule has 0 radical (unpaired) electrons. The number of nitrogens with two attached hydrogens (primary N) is 1. The second-order valence-corrected chi connectivity index (χ2v) is 3.90. The zero-order valence-corrected chi connectivity index (χ0v) is 10.0. The number of hydrogen-bond donors (Lipinski definition) is 6. The van der Waals surface area contributed by atoms with Crippen LogP contribution in [0.2, 0.25) is 0 Å². The molecule has 1 aromatic carbocycles. The molecule has 0 aliphatic heterocycles. The van der Waals surface area contributed by atoms with Crippen LogP contribution in [0.15, 0.2) is 12.1 Å². The summed E-state index contributed by atoms with van der Waals surface area (Å²) < 4.78 is 0. The highest BCUT2D eigenvalue weighted by Gasteiger charge is 2.23. The van der Waals surface area contributed by atoms with E-state index in [0.29, 0.717) is 0 Å². The van der Waals surface area contributed by atoms with Crippen molar-refractivity contribution in [2.75, 3.05) is 0 Å². The summed E-state index contributed by atoms with van der Waals surface area (Å²) in [6.45, 7) is 0. The van der Waals surface area contributed by atoms with Crippen LogP contribution < -0.4 is 11.1 Å². The van der Waals surface area contributed by atoms with E-state index in [-0.39, 0.29) is 5.56 Å². The molecule has 1 aromatic rings. The Kier molecular flexibility index (Phi) is 4.36. The smallest absolute Gasteiger partial charge is 0.326 e. The first-order valence-electron chi connectivity index (χ1n) is 5.29. The maximum atomic E-state index is 11.7. The predicted octanol–water partition coefficient (Wildman–Crippen LogP) is -1.14. The highest BCUT2D eigenvalue weighted by Crippen LogP contribution is 2.35. The number of hydrogen-bond acceptors (Lipinski definition) is 6. The summed E-state index contributed by atoms with van der Waals surface area (Å²) in [7, 11) is 0. The van der Waals surface area contributed by atoms with Gasteiger partial charge in [-0.1, -0.05) is 0 Å². The van der Waals surface area contributed by atoms with E-state index in [0.717, 1.165) is 12.1 Å². The Morgan fingerprint density at radius 3 is 2.05 bits per heavy atom. The summed E-state index contributed by atoms with van der Waals surface area (Å²) in [5.41, 5.74) is 4.55. The molecule has 0 spiro atoms. The Bertz CT molecular complexity index is 547. The van der Waals surface area contributed by atoms with Crippen molar-refractivity contribution in [2.24, 2.45) is 5.73 Å². The molecule has 20 heavy (non-hydrogen) atoms. The van der Waals surface area contributed by atoms with Gasteiger partial charge in [0.15, 0.2) is 17.2 Å². The second kappa shape index (κ2) is 5.78. The number of aromatic hydroxyl groups is 3. The summed E-state index contributed by atoms with van der Waals surface area (Å²) in [6.07, 6.45) is -0.614. The van der Waals surface area contributed by atoms with Gasteiger partial charge in [0.1, 0.15) is 6.04 Å². The van der Waals surface area contributed by atoms with Crippen LogP contribution >= 0.6 is 0 Å². The van der Waals surface area contributed by atoms with Crippen molar-refractivity contribution in [2.45, 2.75) is 12.5 Å². The minimum Gasteiger partial charge on any atom is -0.504 e. The van der Waals surface area contributed by atoms with Crippen molar-refractivity contribution in [1.29, 1.82) is 0 Å². The first-order valence-corrected chi connectivity index (χ1v) is 5.29. The zero-order valence-electron chi connectivity index (χ0n) is 10.0. The Hall–Kier alpha value is -2.97. The van der Waals surface area contributed by atoms with Crippen LogP contribution in [0.25, 0.3) is 0 Å². The number of carbonyl (C=O) groups is 3. The summed E-state index contributed by atoms with van der Waals surface area (Å²) in [5.74, 6) is -5.68. The monoisotopic (exact) mass is 284 g/mol. The highest BCUT2D eigenvalue weighted by atomic mass is 16.4. The number of carboxylic acid groups (broad SMARTS) is 1. The number of carbonyl (C=O) groups excluding carboxylic acids is 2. The van der Waals surface area contributed by atoms with Gasteiger partial charge in [-0.15, -0.1) is 0 Å². The third-order valence-corrected chi connectivity index (χ3v) is 2.34. The van der Waals surface area contributed by atoms with E-state index in [2.05, 4.69) is 0 Å². The Balaban J connectivity index is 2.95. The van der Waals surface area contributed by atoms with Crippen LogP contribution in [0.3, 0.4) is 0 Å². The molecule has 0 fully saturated rings. The lowest BCUT2D eigenvalue weighted by atomic mass is 10.1. The number of nitrogens with one attached hydrogen (secondary N) is 1. The van der Waals surface area contributed by atoms with Gasteiger partial charge in [-0.3, -0.25) is 9.59 Å². The molecule has 0 aromatic heterocycles. The quantitative estimate of drug-likeness (QED) is 0.371. The molecule has 7 N–H and O–H groups in total. The molecule has 9 heteroatoms. The van der Waals surface area contributed by atoms with Gasteiger partial charge in [-0.2, -0.15) is 0 Å².